The maximum Gasteiger partial charge on any atom is 0.326 e. The Morgan fingerprint density at radius 3 is 2.55 bits per heavy atom. The molecular formula is C12H20N4O4. The Bertz CT molecular complexity index is 414. The molecule has 1 aliphatic carbocycles. The summed E-state index contributed by atoms with van der Waals surface area (Å²) in [5.74, 6) is -0.572. The third kappa shape index (κ3) is 2.94. The van der Waals surface area contributed by atoms with Gasteiger partial charge in [0.2, 0.25) is 0 Å². The lowest BCUT2D eigenvalue weighted by Crippen LogP contribution is -2.49. The number of carbonyl (C=O) groups is 3. The summed E-state index contributed by atoms with van der Waals surface area (Å²) in [6.07, 6.45) is 2.90. The Morgan fingerprint density at radius 2 is 1.90 bits per heavy atom. The quantitative estimate of drug-likeness (QED) is 0.522. The van der Waals surface area contributed by atoms with Gasteiger partial charge in [0.15, 0.2) is 0 Å². The van der Waals surface area contributed by atoms with Gasteiger partial charge in [-0.05, 0) is 24.7 Å². The van der Waals surface area contributed by atoms with E-state index in [4.69, 9.17) is 5.73 Å². The van der Waals surface area contributed by atoms with Gasteiger partial charge in [0.25, 0.3) is 0 Å². The molecule has 8 heteroatoms. The van der Waals surface area contributed by atoms with Gasteiger partial charge in [-0.15, -0.1) is 0 Å². The Morgan fingerprint density at radius 1 is 1.20 bits per heavy atom. The first kappa shape index (κ1) is 14.4. The van der Waals surface area contributed by atoms with E-state index in [1.807, 2.05) is 0 Å². The molecule has 2 aliphatic rings. The smallest absolute Gasteiger partial charge is 0.326 e. The molecule has 0 bridgehead atoms. The van der Waals surface area contributed by atoms with Gasteiger partial charge in [-0.25, -0.2) is 14.4 Å². The van der Waals surface area contributed by atoms with Gasteiger partial charge in [-0.3, -0.25) is 0 Å². The van der Waals surface area contributed by atoms with Gasteiger partial charge in [-0.1, -0.05) is 6.42 Å². The summed E-state index contributed by atoms with van der Waals surface area (Å²) in [6, 6.07) is -1.77. The fourth-order valence-corrected chi connectivity index (χ4v) is 3.29. The van der Waals surface area contributed by atoms with Gasteiger partial charge in [0.05, 0.1) is 0 Å². The van der Waals surface area contributed by atoms with Gasteiger partial charge < -0.3 is 26.4 Å². The first-order valence-corrected chi connectivity index (χ1v) is 6.81. The van der Waals surface area contributed by atoms with Crippen LogP contribution >= 0.6 is 0 Å². The highest BCUT2D eigenvalue weighted by molar-refractivity contribution is 5.83. The molecule has 3 atom stereocenters. The SMILES string of the molecule is NC(=O)NCCNC(=O)N1CC2CCCC2C1C(=O)O. The highest BCUT2D eigenvalue weighted by Gasteiger charge is 2.49. The maximum absolute atomic E-state index is 12.0. The highest BCUT2D eigenvalue weighted by atomic mass is 16.4. The number of hydrogen-bond donors (Lipinski definition) is 4. The van der Waals surface area contributed by atoms with Crippen LogP contribution in [0.2, 0.25) is 0 Å². The minimum absolute atomic E-state index is 0.0713. The van der Waals surface area contributed by atoms with E-state index in [2.05, 4.69) is 10.6 Å². The van der Waals surface area contributed by atoms with Crippen molar-refractivity contribution in [1.29, 1.82) is 0 Å². The number of nitrogens with two attached hydrogens (primary N) is 1. The minimum Gasteiger partial charge on any atom is -0.480 e. The van der Waals surface area contributed by atoms with Crippen LogP contribution in [0.3, 0.4) is 0 Å². The summed E-state index contributed by atoms with van der Waals surface area (Å²) in [7, 11) is 0. The molecule has 5 N–H and O–H groups in total. The molecule has 0 radical (unpaired) electrons. The van der Waals surface area contributed by atoms with E-state index >= 15 is 0 Å². The number of nitrogens with zero attached hydrogens (tertiary/aromatic N) is 1. The first-order chi connectivity index (χ1) is 9.50. The van der Waals surface area contributed by atoms with Crippen LogP contribution < -0.4 is 16.4 Å². The Hall–Kier alpha value is -1.99. The molecule has 3 unspecified atom stereocenters. The van der Waals surface area contributed by atoms with Crippen molar-refractivity contribution in [2.24, 2.45) is 17.6 Å². The van der Waals surface area contributed by atoms with Crippen molar-refractivity contribution in [3.05, 3.63) is 0 Å². The van der Waals surface area contributed by atoms with Crippen LogP contribution in [0, 0.1) is 11.8 Å². The molecule has 1 heterocycles. The molecule has 0 spiro atoms. The van der Waals surface area contributed by atoms with E-state index in [9.17, 15) is 19.5 Å². The summed E-state index contributed by atoms with van der Waals surface area (Å²) < 4.78 is 0. The third-order valence-electron chi connectivity index (χ3n) is 4.10. The van der Waals surface area contributed by atoms with Crippen molar-refractivity contribution in [3.63, 3.8) is 0 Å². The van der Waals surface area contributed by atoms with Crippen molar-refractivity contribution in [1.82, 2.24) is 15.5 Å². The molecule has 0 aromatic carbocycles. The zero-order valence-corrected chi connectivity index (χ0v) is 11.2. The van der Waals surface area contributed by atoms with Crippen LogP contribution in [0.25, 0.3) is 0 Å². The number of urea groups is 2. The van der Waals surface area contributed by atoms with Gasteiger partial charge in [0.1, 0.15) is 6.04 Å². The zero-order chi connectivity index (χ0) is 14.7. The summed E-state index contributed by atoms with van der Waals surface area (Å²) >= 11 is 0. The predicted molar refractivity (Wildman–Crippen MR) is 69.9 cm³/mol. The van der Waals surface area contributed by atoms with Crippen molar-refractivity contribution in [3.8, 4) is 0 Å². The number of aliphatic carboxylic acids is 1. The summed E-state index contributed by atoms with van der Waals surface area (Å²) in [5, 5.41) is 14.3. The summed E-state index contributed by atoms with van der Waals surface area (Å²) in [6.45, 7) is 0.941. The number of likely N-dealkylation sites (tertiary alicyclic amines) is 1. The average Bonchev–Trinajstić information content (AvgIpc) is 2.92. The number of hydrogen-bond acceptors (Lipinski definition) is 3. The molecule has 0 aromatic rings. The average molecular weight is 284 g/mol. The number of carboxylic acid groups (broad SMARTS) is 1. The van der Waals surface area contributed by atoms with Crippen LogP contribution in [-0.2, 0) is 4.79 Å². The second-order valence-corrected chi connectivity index (χ2v) is 5.31. The topological polar surface area (TPSA) is 125 Å². The van der Waals surface area contributed by atoms with E-state index in [1.54, 1.807) is 0 Å². The lowest BCUT2D eigenvalue weighted by atomic mass is 9.94. The normalized spacial score (nSPS) is 28.0. The van der Waals surface area contributed by atoms with Crippen molar-refractivity contribution < 1.29 is 19.5 Å². The van der Waals surface area contributed by atoms with Crippen molar-refractivity contribution >= 4 is 18.0 Å². The van der Waals surface area contributed by atoms with E-state index in [-0.39, 0.29) is 19.0 Å². The fraction of sp³-hybridized carbons (Fsp3) is 0.750. The molecule has 2 fully saturated rings. The molecule has 1 aliphatic heterocycles. The van der Waals surface area contributed by atoms with Crippen molar-refractivity contribution in [2.45, 2.75) is 25.3 Å². The van der Waals surface area contributed by atoms with Gasteiger partial charge in [0, 0.05) is 19.6 Å². The second kappa shape index (κ2) is 5.98. The molecule has 20 heavy (non-hydrogen) atoms. The molecule has 2 rings (SSSR count). The number of rotatable bonds is 4. The van der Waals surface area contributed by atoms with Gasteiger partial charge in [-0.2, -0.15) is 0 Å². The number of carboxylic acids is 1. The molecule has 4 amide bonds. The van der Waals surface area contributed by atoms with Gasteiger partial charge >= 0.3 is 18.0 Å². The number of nitrogens with one attached hydrogen (secondary N) is 2. The number of primary amides is 1. The zero-order valence-electron chi connectivity index (χ0n) is 11.2. The number of amides is 4. The maximum atomic E-state index is 12.0. The summed E-state index contributed by atoms with van der Waals surface area (Å²) in [5.41, 5.74) is 4.90. The Kier molecular flexibility index (Phi) is 4.31. The Labute approximate surface area is 116 Å². The molecule has 0 aromatic heterocycles. The van der Waals surface area contributed by atoms with Crippen LogP contribution in [-0.4, -0.2) is 53.7 Å². The predicted octanol–water partition coefficient (Wildman–Crippen LogP) is -0.451. The van der Waals surface area contributed by atoms with Crippen LogP contribution in [0.15, 0.2) is 0 Å². The molecule has 8 nitrogen and oxygen atoms in total. The summed E-state index contributed by atoms with van der Waals surface area (Å²) in [4.78, 5) is 35.3. The van der Waals surface area contributed by atoms with E-state index in [0.29, 0.717) is 12.5 Å². The Balaban J connectivity index is 1.88. The largest absolute Gasteiger partial charge is 0.480 e. The highest BCUT2D eigenvalue weighted by Crippen LogP contribution is 2.42. The standard InChI is InChI=1S/C12H20N4O4/c13-11(19)14-4-5-15-12(20)16-6-7-2-1-3-8(7)9(16)10(17)18/h7-9H,1-6H2,(H,15,20)(H,17,18)(H3,13,14,19). The van der Waals surface area contributed by atoms with Crippen molar-refractivity contribution in [2.75, 3.05) is 19.6 Å². The third-order valence-corrected chi connectivity index (χ3v) is 4.10. The van der Waals surface area contributed by atoms with Crippen LogP contribution in [0.4, 0.5) is 9.59 Å². The van der Waals surface area contributed by atoms with E-state index in [1.165, 1.54) is 4.90 Å². The molecular weight excluding hydrogens is 264 g/mol. The molecule has 1 saturated heterocycles. The lowest BCUT2D eigenvalue weighted by Gasteiger charge is -2.24. The second-order valence-electron chi connectivity index (χ2n) is 5.31. The number of fused-ring (bicyclic) bond motifs is 1. The minimum atomic E-state index is -0.940. The van der Waals surface area contributed by atoms with Crippen LogP contribution in [0.5, 0.6) is 0 Å². The number of carbonyl (C=O) groups excluding carboxylic acids is 2. The fourth-order valence-electron chi connectivity index (χ4n) is 3.29. The van der Waals surface area contributed by atoms with Crippen LogP contribution in [0.1, 0.15) is 19.3 Å². The lowest BCUT2D eigenvalue weighted by molar-refractivity contribution is -0.142. The molecule has 1 saturated carbocycles. The first-order valence-electron chi connectivity index (χ1n) is 6.81. The molecule has 112 valence electrons. The van der Waals surface area contributed by atoms with E-state index < -0.39 is 24.1 Å². The van der Waals surface area contributed by atoms with E-state index in [0.717, 1.165) is 19.3 Å². The monoisotopic (exact) mass is 284 g/mol.